The number of fused-ring (bicyclic) bond motifs is 1. The minimum Gasteiger partial charge on any atom is -0.330 e. The van der Waals surface area contributed by atoms with Gasteiger partial charge in [0.25, 0.3) is 0 Å². The highest BCUT2D eigenvalue weighted by Crippen LogP contribution is 2.47. The largest absolute Gasteiger partial charge is 0.330 e. The third-order valence-corrected chi connectivity index (χ3v) is 4.56. The van der Waals surface area contributed by atoms with E-state index in [1.165, 1.54) is 44.3 Å². The van der Waals surface area contributed by atoms with Gasteiger partial charge in [-0.3, -0.25) is 4.90 Å². The van der Waals surface area contributed by atoms with E-state index in [0.29, 0.717) is 5.41 Å². The minimum absolute atomic E-state index is 0.525. The second-order valence-corrected chi connectivity index (χ2v) is 5.75. The molecule has 3 rings (SSSR count). The molecule has 0 bridgehead atoms. The highest BCUT2D eigenvalue weighted by molar-refractivity contribution is 5.29. The Morgan fingerprint density at radius 3 is 2.65 bits per heavy atom. The molecule has 1 saturated carbocycles. The molecule has 2 heteroatoms. The van der Waals surface area contributed by atoms with Crippen LogP contribution in [0, 0.1) is 5.41 Å². The van der Waals surface area contributed by atoms with E-state index in [-0.39, 0.29) is 0 Å². The fraction of sp³-hybridized carbons (Fsp3) is 0.600. The first-order chi connectivity index (χ1) is 8.31. The van der Waals surface area contributed by atoms with Crippen molar-refractivity contribution in [3.05, 3.63) is 35.4 Å². The Hall–Kier alpha value is -0.860. The monoisotopic (exact) mass is 230 g/mol. The van der Waals surface area contributed by atoms with Crippen LogP contribution in [-0.4, -0.2) is 24.5 Å². The number of nitrogens with two attached hydrogens (primary N) is 1. The standard InChI is InChI=1S/C15H22N2/c16-12-15(6-7-15)8-10-17-9-5-13-3-1-2-4-14(13)11-17/h1-4H,5-12,16H2. The van der Waals surface area contributed by atoms with E-state index in [1.807, 2.05) is 0 Å². The van der Waals surface area contributed by atoms with Gasteiger partial charge in [-0.25, -0.2) is 0 Å². The Morgan fingerprint density at radius 2 is 1.94 bits per heavy atom. The quantitative estimate of drug-likeness (QED) is 0.859. The smallest absolute Gasteiger partial charge is 0.0236 e. The third kappa shape index (κ3) is 2.38. The fourth-order valence-corrected chi connectivity index (χ4v) is 2.87. The van der Waals surface area contributed by atoms with E-state index in [4.69, 9.17) is 5.73 Å². The molecular formula is C15H22N2. The van der Waals surface area contributed by atoms with Crippen molar-refractivity contribution < 1.29 is 0 Å². The average Bonchev–Trinajstić information content (AvgIpc) is 3.17. The summed E-state index contributed by atoms with van der Waals surface area (Å²) in [5, 5.41) is 0. The Morgan fingerprint density at radius 1 is 1.18 bits per heavy atom. The number of nitrogens with zero attached hydrogens (tertiary/aromatic N) is 1. The summed E-state index contributed by atoms with van der Waals surface area (Å²) >= 11 is 0. The summed E-state index contributed by atoms with van der Waals surface area (Å²) in [5.41, 5.74) is 9.44. The first-order valence-corrected chi connectivity index (χ1v) is 6.81. The van der Waals surface area contributed by atoms with Crippen molar-refractivity contribution in [3.63, 3.8) is 0 Å². The van der Waals surface area contributed by atoms with Crippen molar-refractivity contribution in [2.24, 2.45) is 11.1 Å². The molecule has 1 heterocycles. The van der Waals surface area contributed by atoms with E-state index < -0.39 is 0 Å². The zero-order chi connectivity index (χ0) is 11.7. The molecule has 17 heavy (non-hydrogen) atoms. The van der Waals surface area contributed by atoms with Crippen molar-refractivity contribution in [1.82, 2.24) is 4.90 Å². The van der Waals surface area contributed by atoms with Gasteiger partial charge in [0, 0.05) is 13.1 Å². The van der Waals surface area contributed by atoms with Crippen molar-refractivity contribution in [2.45, 2.75) is 32.2 Å². The molecule has 1 aromatic carbocycles. The molecule has 0 atom stereocenters. The second-order valence-electron chi connectivity index (χ2n) is 5.75. The van der Waals surface area contributed by atoms with Crippen LogP contribution in [0.4, 0.5) is 0 Å². The van der Waals surface area contributed by atoms with E-state index in [1.54, 1.807) is 5.56 Å². The van der Waals surface area contributed by atoms with Crippen molar-refractivity contribution in [3.8, 4) is 0 Å². The molecule has 2 aliphatic rings. The molecule has 1 fully saturated rings. The highest BCUT2D eigenvalue weighted by atomic mass is 15.1. The van der Waals surface area contributed by atoms with Crippen LogP contribution in [0.15, 0.2) is 24.3 Å². The zero-order valence-electron chi connectivity index (χ0n) is 10.5. The molecule has 0 amide bonds. The zero-order valence-corrected chi connectivity index (χ0v) is 10.5. The fourth-order valence-electron chi connectivity index (χ4n) is 2.87. The van der Waals surface area contributed by atoms with Gasteiger partial charge >= 0.3 is 0 Å². The molecule has 1 aromatic rings. The summed E-state index contributed by atoms with van der Waals surface area (Å²) in [5.74, 6) is 0. The maximum absolute atomic E-state index is 5.84. The summed E-state index contributed by atoms with van der Waals surface area (Å²) in [6.07, 6.45) is 5.22. The van der Waals surface area contributed by atoms with Gasteiger partial charge in [-0.2, -0.15) is 0 Å². The van der Waals surface area contributed by atoms with E-state index in [9.17, 15) is 0 Å². The molecule has 92 valence electrons. The van der Waals surface area contributed by atoms with Crippen molar-refractivity contribution >= 4 is 0 Å². The van der Waals surface area contributed by atoms with Crippen LogP contribution in [-0.2, 0) is 13.0 Å². The Labute approximate surface area is 104 Å². The Balaban J connectivity index is 1.57. The van der Waals surface area contributed by atoms with Crippen LogP contribution in [0.3, 0.4) is 0 Å². The maximum atomic E-state index is 5.84. The molecule has 0 unspecified atom stereocenters. The average molecular weight is 230 g/mol. The molecular weight excluding hydrogens is 208 g/mol. The molecule has 2 N–H and O–H groups in total. The normalized spacial score (nSPS) is 22.2. The number of hydrogen-bond donors (Lipinski definition) is 1. The minimum atomic E-state index is 0.525. The topological polar surface area (TPSA) is 29.3 Å². The molecule has 0 aromatic heterocycles. The van der Waals surface area contributed by atoms with Crippen LogP contribution in [0.2, 0.25) is 0 Å². The van der Waals surface area contributed by atoms with Crippen LogP contribution < -0.4 is 5.73 Å². The van der Waals surface area contributed by atoms with Gasteiger partial charge in [0.2, 0.25) is 0 Å². The summed E-state index contributed by atoms with van der Waals surface area (Å²) in [7, 11) is 0. The van der Waals surface area contributed by atoms with E-state index in [0.717, 1.165) is 13.1 Å². The lowest BCUT2D eigenvalue weighted by atomic mass is 9.98. The van der Waals surface area contributed by atoms with Gasteiger partial charge in [-0.1, -0.05) is 24.3 Å². The predicted molar refractivity (Wildman–Crippen MR) is 70.8 cm³/mol. The van der Waals surface area contributed by atoms with E-state index >= 15 is 0 Å². The van der Waals surface area contributed by atoms with Crippen LogP contribution in [0.5, 0.6) is 0 Å². The summed E-state index contributed by atoms with van der Waals surface area (Å²) in [6, 6.07) is 8.86. The van der Waals surface area contributed by atoms with Gasteiger partial charge < -0.3 is 5.73 Å². The van der Waals surface area contributed by atoms with Gasteiger partial charge in [0.05, 0.1) is 0 Å². The van der Waals surface area contributed by atoms with Gasteiger partial charge in [-0.05, 0) is 55.3 Å². The second kappa shape index (κ2) is 4.43. The predicted octanol–water partition coefficient (Wildman–Crippen LogP) is 2.17. The summed E-state index contributed by atoms with van der Waals surface area (Å²) in [4.78, 5) is 2.60. The van der Waals surface area contributed by atoms with E-state index in [2.05, 4.69) is 29.2 Å². The molecule has 0 saturated heterocycles. The van der Waals surface area contributed by atoms with Crippen molar-refractivity contribution in [1.29, 1.82) is 0 Å². The lowest BCUT2D eigenvalue weighted by Gasteiger charge is -2.29. The molecule has 1 aliphatic heterocycles. The molecule has 0 spiro atoms. The van der Waals surface area contributed by atoms with Gasteiger partial charge in [-0.15, -0.1) is 0 Å². The molecule has 0 radical (unpaired) electrons. The highest BCUT2D eigenvalue weighted by Gasteiger charge is 2.40. The Kier molecular flexibility index (Phi) is 2.93. The SMILES string of the molecule is NCC1(CCN2CCc3ccccc3C2)CC1. The van der Waals surface area contributed by atoms with Crippen LogP contribution in [0.1, 0.15) is 30.4 Å². The third-order valence-electron chi connectivity index (χ3n) is 4.56. The van der Waals surface area contributed by atoms with Crippen LogP contribution >= 0.6 is 0 Å². The maximum Gasteiger partial charge on any atom is 0.0236 e. The summed E-state index contributed by atoms with van der Waals surface area (Å²) in [6.45, 7) is 4.47. The van der Waals surface area contributed by atoms with Crippen LogP contribution in [0.25, 0.3) is 0 Å². The Bertz CT molecular complexity index is 396. The molecule has 1 aliphatic carbocycles. The van der Waals surface area contributed by atoms with Gasteiger partial charge in [0.1, 0.15) is 0 Å². The number of hydrogen-bond acceptors (Lipinski definition) is 2. The number of rotatable bonds is 4. The summed E-state index contributed by atoms with van der Waals surface area (Å²) < 4.78 is 0. The molecule has 2 nitrogen and oxygen atoms in total. The van der Waals surface area contributed by atoms with Crippen molar-refractivity contribution in [2.75, 3.05) is 19.6 Å². The first kappa shape index (κ1) is 11.2. The van der Waals surface area contributed by atoms with Gasteiger partial charge in [0.15, 0.2) is 0 Å². The lowest BCUT2D eigenvalue weighted by Crippen LogP contribution is -2.33. The lowest BCUT2D eigenvalue weighted by molar-refractivity contribution is 0.230. The number of benzene rings is 1. The first-order valence-electron chi connectivity index (χ1n) is 6.81.